The molecule has 0 aliphatic rings. The van der Waals surface area contributed by atoms with E-state index in [-0.39, 0.29) is 0 Å². The molecule has 92 valence electrons. The third kappa shape index (κ3) is 3.39. The Balaban J connectivity index is 1.91. The standard InChI is InChI=1S/C16H17NO/c1-13-12-15(17)9-10-16(13)18-11-5-8-14-6-3-2-4-7-14/h2-10,12H,11,17H2,1H3/b8-5+. The van der Waals surface area contributed by atoms with Crippen LogP contribution in [0.15, 0.2) is 54.6 Å². The van der Waals surface area contributed by atoms with Crippen molar-refractivity contribution in [1.82, 2.24) is 0 Å². The Kier molecular flexibility index (Phi) is 4.02. The van der Waals surface area contributed by atoms with Gasteiger partial charge in [-0.1, -0.05) is 36.4 Å². The van der Waals surface area contributed by atoms with E-state index in [0.717, 1.165) is 17.0 Å². The number of hydrogen-bond donors (Lipinski definition) is 1. The summed E-state index contributed by atoms with van der Waals surface area (Å²) in [4.78, 5) is 0. The third-order valence-electron chi connectivity index (χ3n) is 2.64. The van der Waals surface area contributed by atoms with E-state index in [1.165, 1.54) is 5.56 Å². The zero-order valence-corrected chi connectivity index (χ0v) is 10.5. The molecule has 2 rings (SSSR count). The van der Waals surface area contributed by atoms with Crippen LogP contribution in [0.25, 0.3) is 6.08 Å². The largest absolute Gasteiger partial charge is 0.489 e. The summed E-state index contributed by atoms with van der Waals surface area (Å²) in [7, 11) is 0. The summed E-state index contributed by atoms with van der Waals surface area (Å²) in [6, 6.07) is 15.8. The summed E-state index contributed by atoms with van der Waals surface area (Å²) in [6.07, 6.45) is 4.05. The van der Waals surface area contributed by atoms with E-state index in [1.54, 1.807) is 0 Å². The summed E-state index contributed by atoms with van der Waals surface area (Å²) in [6.45, 7) is 2.55. The fraction of sp³-hybridized carbons (Fsp3) is 0.125. The van der Waals surface area contributed by atoms with Gasteiger partial charge in [-0.05, 0) is 42.3 Å². The summed E-state index contributed by atoms with van der Waals surface area (Å²) in [5.41, 5.74) is 8.69. The molecule has 0 radical (unpaired) electrons. The van der Waals surface area contributed by atoms with E-state index in [0.29, 0.717) is 6.61 Å². The maximum atomic E-state index is 5.69. The quantitative estimate of drug-likeness (QED) is 0.826. The molecule has 0 spiro atoms. The SMILES string of the molecule is Cc1cc(N)ccc1OC/C=C/c1ccccc1. The second-order valence-corrected chi connectivity index (χ2v) is 4.15. The lowest BCUT2D eigenvalue weighted by Gasteiger charge is -2.07. The van der Waals surface area contributed by atoms with Crippen LogP contribution in [-0.2, 0) is 0 Å². The average Bonchev–Trinajstić information content (AvgIpc) is 2.38. The van der Waals surface area contributed by atoms with Crippen LogP contribution in [0.2, 0.25) is 0 Å². The van der Waals surface area contributed by atoms with Crippen molar-refractivity contribution in [1.29, 1.82) is 0 Å². The number of rotatable bonds is 4. The summed E-state index contributed by atoms with van der Waals surface area (Å²) in [5, 5.41) is 0. The molecule has 2 aromatic rings. The van der Waals surface area contributed by atoms with Crippen LogP contribution in [0.4, 0.5) is 5.69 Å². The average molecular weight is 239 g/mol. The maximum Gasteiger partial charge on any atom is 0.122 e. The number of nitrogens with two attached hydrogens (primary N) is 1. The van der Waals surface area contributed by atoms with Crippen LogP contribution in [0, 0.1) is 6.92 Å². The molecule has 0 unspecified atom stereocenters. The predicted octanol–water partition coefficient (Wildman–Crippen LogP) is 3.67. The van der Waals surface area contributed by atoms with Gasteiger partial charge in [0.25, 0.3) is 0 Å². The van der Waals surface area contributed by atoms with Gasteiger partial charge < -0.3 is 10.5 Å². The summed E-state index contributed by atoms with van der Waals surface area (Å²) >= 11 is 0. The van der Waals surface area contributed by atoms with E-state index in [2.05, 4.69) is 12.1 Å². The maximum absolute atomic E-state index is 5.69. The molecule has 0 aliphatic heterocycles. The van der Waals surface area contributed by atoms with Crippen molar-refractivity contribution >= 4 is 11.8 Å². The zero-order chi connectivity index (χ0) is 12.8. The van der Waals surface area contributed by atoms with E-state index in [9.17, 15) is 0 Å². The molecule has 0 saturated heterocycles. The van der Waals surface area contributed by atoms with E-state index < -0.39 is 0 Å². The Morgan fingerprint density at radius 3 is 2.61 bits per heavy atom. The molecule has 0 aromatic heterocycles. The van der Waals surface area contributed by atoms with Crippen LogP contribution in [0.1, 0.15) is 11.1 Å². The molecule has 0 atom stereocenters. The number of anilines is 1. The van der Waals surface area contributed by atoms with Gasteiger partial charge in [-0.3, -0.25) is 0 Å². The van der Waals surface area contributed by atoms with Crippen molar-refractivity contribution in [3.8, 4) is 5.75 Å². The molecule has 0 amide bonds. The molecule has 18 heavy (non-hydrogen) atoms. The van der Waals surface area contributed by atoms with Crippen molar-refractivity contribution in [2.45, 2.75) is 6.92 Å². The molecule has 0 fully saturated rings. The van der Waals surface area contributed by atoms with Crippen LogP contribution < -0.4 is 10.5 Å². The molecule has 0 bridgehead atoms. The molecule has 2 N–H and O–H groups in total. The normalized spacial score (nSPS) is 10.7. The van der Waals surface area contributed by atoms with Crippen molar-refractivity contribution in [2.75, 3.05) is 12.3 Å². The molecule has 0 aliphatic carbocycles. The number of ether oxygens (including phenoxy) is 1. The highest BCUT2D eigenvalue weighted by atomic mass is 16.5. The highest BCUT2D eigenvalue weighted by Gasteiger charge is 1.97. The first kappa shape index (κ1) is 12.2. The summed E-state index contributed by atoms with van der Waals surface area (Å²) in [5.74, 6) is 0.877. The van der Waals surface area contributed by atoms with Crippen LogP contribution in [0.5, 0.6) is 5.75 Å². The monoisotopic (exact) mass is 239 g/mol. The molecular weight excluding hydrogens is 222 g/mol. The fourth-order valence-electron chi connectivity index (χ4n) is 1.72. The molecule has 2 nitrogen and oxygen atoms in total. The predicted molar refractivity (Wildman–Crippen MR) is 76.6 cm³/mol. The van der Waals surface area contributed by atoms with Crippen LogP contribution in [-0.4, -0.2) is 6.61 Å². The van der Waals surface area contributed by atoms with Crippen molar-refractivity contribution in [3.05, 3.63) is 65.7 Å². The van der Waals surface area contributed by atoms with Gasteiger partial charge in [-0.15, -0.1) is 0 Å². The van der Waals surface area contributed by atoms with Gasteiger partial charge in [-0.25, -0.2) is 0 Å². The van der Waals surface area contributed by atoms with Gasteiger partial charge in [0.05, 0.1) is 0 Å². The van der Waals surface area contributed by atoms with Gasteiger partial charge in [-0.2, -0.15) is 0 Å². The van der Waals surface area contributed by atoms with Gasteiger partial charge in [0.2, 0.25) is 0 Å². The zero-order valence-electron chi connectivity index (χ0n) is 10.5. The minimum atomic E-state index is 0.555. The first-order chi connectivity index (χ1) is 8.75. The Labute approximate surface area is 108 Å². The molecule has 2 aromatic carbocycles. The second kappa shape index (κ2) is 5.92. The number of nitrogen functional groups attached to an aromatic ring is 1. The fourth-order valence-corrected chi connectivity index (χ4v) is 1.72. The second-order valence-electron chi connectivity index (χ2n) is 4.15. The Hall–Kier alpha value is -2.22. The van der Waals surface area contributed by atoms with Gasteiger partial charge in [0.1, 0.15) is 12.4 Å². The number of hydrogen-bond acceptors (Lipinski definition) is 2. The van der Waals surface area contributed by atoms with Crippen LogP contribution >= 0.6 is 0 Å². The Morgan fingerprint density at radius 1 is 1.11 bits per heavy atom. The van der Waals surface area contributed by atoms with E-state index >= 15 is 0 Å². The minimum Gasteiger partial charge on any atom is -0.489 e. The van der Waals surface area contributed by atoms with E-state index in [4.69, 9.17) is 10.5 Å². The third-order valence-corrected chi connectivity index (χ3v) is 2.64. The molecule has 0 heterocycles. The summed E-state index contributed by atoms with van der Waals surface area (Å²) < 4.78 is 5.67. The smallest absolute Gasteiger partial charge is 0.122 e. The Morgan fingerprint density at radius 2 is 1.89 bits per heavy atom. The Bertz CT molecular complexity index is 532. The van der Waals surface area contributed by atoms with Crippen molar-refractivity contribution < 1.29 is 4.74 Å². The number of aryl methyl sites for hydroxylation is 1. The first-order valence-electron chi connectivity index (χ1n) is 5.96. The molecule has 2 heteroatoms. The van der Waals surface area contributed by atoms with Crippen molar-refractivity contribution in [3.63, 3.8) is 0 Å². The van der Waals surface area contributed by atoms with Gasteiger partial charge in [0, 0.05) is 5.69 Å². The van der Waals surface area contributed by atoms with E-state index in [1.807, 2.05) is 55.5 Å². The topological polar surface area (TPSA) is 35.2 Å². The lowest BCUT2D eigenvalue weighted by Crippen LogP contribution is -1.96. The minimum absolute atomic E-state index is 0.555. The van der Waals surface area contributed by atoms with Crippen LogP contribution in [0.3, 0.4) is 0 Å². The number of benzene rings is 2. The highest BCUT2D eigenvalue weighted by Crippen LogP contribution is 2.20. The highest BCUT2D eigenvalue weighted by molar-refractivity contribution is 5.49. The van der Waals surface area contributed by atoms with Gasteiger partial charge >= 0.3 is 0 Å². The first-order valence-corrected chi connectivity index (χ1v) is 5.96. The molecular formula is C16H17NO. The lowest BCUT2D eigenvalue weighted by molar-refractivity contribution is 0.361. The lowest BCUT2D eigenvalue weighted by atomic mass is 10.2. The van der Waals surface area contributed by atoms with Crippen molar-refractivity contribution in [2.24, 2.45) is 0 Å². The van der Waals surface area contributed by atoms with Gasteiger partial charge in [0.15, 0.2) is 0 Å². The molecule has 0 saturated carbocycles.